The average Bonchev–Trinajstić information content (AvgIpc) is 2.94. The number of aromatic hydroxyl groups is 1. The van der Waals surface area contributed by atoms with Crippen LogP contribution in [0.15, 0.2) is 47.6 Å². The number of nitrogens with zero attached hydrogens (tertiary/aromatic N) is 1. The van der Waals surface area contributed by atoms with E-state index in [-0.39, 0.29) is 18.4 Å². The van der Waals surface area contributed by atoms with Gasteiger partial charge in [-0.1, -0.05) is 12.1 Å². The molecule has 0 aromatic heterocycles. The van der Waals surface area contributed by atoms with E-state index in [9.17, 15) is 9.90 Å². The smallest absolute Gasteiger partial charge is 0.271 e. The van der Waals surface area contributed by atoms with E-state index in [0.717, 1.165) is 0 Å². The van der Waals surface area contributed by atoms with Gasteiger partial charge in [-0.05, 0) is 35.9 Å². The first kappa shape index (κ1) is 13.0. The number of nitrogens with one attached hydrogen (secondary N) is 1. The van der Waals surface area contributed by atoms with Gasteiger partial charge in [-0.2, -0.15) is 5.10 Å². The van der Waals surface area contributed by atoms with Crippen molar-refractivity contribution in [2.24, 2.45) is 5.10 Å². The molecule has 0 saturated heterocycles. The SMILES string of the molecule is O=C(N/N=C/c1cccc(O)c1)c1ccc2c(c1)OCO2. The summed E-state index contributed by atoms with van der Waals surface area (Å²) in [6, 6.07) is 11.5. The molecule has 0 bridgehead atoms. The minimum absolute atomic E-state index is 0.140. The Balaban J connectivity index is 1.66. The normalized spacial score (nSPS) is 12.6. The van der Waals surface area contributed by atoms with Crippen molar-refractivity contribution >= 4 is 12.1 Å². The minimum atomic E-state index is -0.357. The van der Waals surface area contributed by atoms with Crippen LogP contribution in [-0.2, 0) is 0 Å². The molecule has 3 rings (SSSR count). The van der Waals surface area contributed by atoms with Gasteiger partial charge in [-0.3, -0.25) is 4.79 Å². The van der Waals surface area contributed by atoms with Gasteiger partial charge >= 0.3 is 0 Å². The standard InChI is InChI=1S/C15H12N2O4/c18-12-3-1-2-10(6-12)8-16-17-15(19)11-4-5-13-14(7-11)21-9-20-13/h1-8,18H,9H2,(H,17,19)/b16-8+. The number of hydrazone groups is 1. The lowest BCUT2D eigenvalue weighted by Gasteiger charge is -2.01. The molecule has 1 aliphatic heterocycles. The van der Waals surface area contributed by atoms with Gasteiger partial charge in [0.05, 0.1) is 6.21 Å². The second kappa shape index (κ2) is 5.54. The zero-order valence-electron chi connectivity index (χ0n) is 10.9. The summed E-state index contributed by atoms with van der Waals surface area (Å²) in [6.07, 6.45) is 1.45. The number of carbonyl (C=O) groups excluding carboxylic acids is 1. The largest absolute Gasteiger partial charge is 0.508 e. The highest BCUT2D eigenvalue weighted by molar-refractivity contribution is 5.95. The molecule has 21 heavy (non-hydrogen) atoms. The molecule has 1 heterocycles. The van der Waals surface area contributed by atoms with Crippen LogP contribution in [0.4, 0.5) is 0 Å². The van der Waals surface area contributed by atoms with Crippen molar-refractivity contribution in [2.45, 2.75) is 0 Å². The van der Waals surface area contributed by atoms with E-state index < -0.39 is 0 Å². The monoisotopic (exact) mass is 284 g/mol. The van der Waals surface area contributed by atoms with E-state index in [1.54, 1.807) is 36.4 Å². The molecule has 0 atom stereocenters. The highest BCUT2D eigenvalue weighted by Gasteiger charge is 2.15. The van der Waals surface area contributed by atoms with Crippen LogP contribution < -0.4 is 14.9 Å². The summed E-state index contributed by atoms with van der Waals surface area (Å²) in [6.45, 7) is 0.163. The number of amides is 1. The minimum Gasteiger partial charge on any atom is -0.508 e. The van der Waals surface area contributed by atoms with Crippen molar-refractivity contribution in [2.75, 3.05) is 6.79 Å². The van der Waals surface area contributed by atoms with Gasteiger partial charge in [0.2, 0.25) is 6.79 Å². The molecule has 0 saturated carbocycles. The molecule has 0 spiro atoms. The fourth-order valence-electron chi connectivity index (χ4n) is 1.87. The van der Waals surface area contributed by atoms with Crippen molar-refractivity contribution < 1.29 is 19.4 Å². The second-order valence-electron chi connectivity index (χ2n) is 4.36. The van der Waals surface area contributed by atoms with Crippen LogP contribution in [0.2, 0.25) is 0 Å². The molecule has 106 valence electrons. The summed E-state index contributed by atoms with van der Waals surface area (Å²) >= 11 is 0. The van der Waals surface area contributed by atoms with E-state index >= 15 is 0 Å². The Bertz CT molecular complexity index is 713. The van der Waals surface area contributed by atoms with Crippen LogP contribution in [-0.4, -0.2) is 24.0 Å². The number of hydrogen-bond donors (Lipinski definition) is 2. The van der Waals surface area contributed by atoms with E-state index in [1.807, 2.05) is 0 Å². The molecule has 0 fully saturated rings. The molecule has 6 nitrogen and oxygen atoms in total. The van der Waals surface area contributed by atoms with Crippen molar-refractivity contribution in [1.29, 1.82) is 0 Å². The van der Waals surface area contributed by atoms with Gasteiger partial charge in [0.15, 0.2) is 11.5 Å². The van der Waals surface area contributed by atoms with Gasteiger partial charge in [0.25, 0.3) is 5.91 Å². The maximum absolute atomic E-state index is 11.9. The van der Waals surface area contributed by atoms with E-state index in [1.165, 1.54) is 12.3 Å². The summed E-state index contributed by atoms with van der Waals surface area (Å²) < 4.78 is 10.4. The molecular formula is C15H12N2O4. The summed E-state index contributed by atoms with van der Waals surface area (Å²) in [5.41, 5.74) is 3.52. The van der Waals surface area contributed by atoms with Gasteiger partial charge in [-0.25, -0.2) is 5.43 Å². The van der Waals surface area contributed by atoms with Gasteiger partial charge in [0, 0.05) is 5.56 Å². The summed E-state index contributed by atoms with van der Waals surface area (Å²) in [5, 5.41) is 13.2. The van der Waals surface area contributed by atoms with Crippen molar-refractivity contribution in [3.05, 3.63) is 53.6 Å². The highest BCUT2D eigenvalue weighted by atomic mass is 16.7. The molecule has 2 aromatic rings. The maximum atomic E-state index is 11.9. The topological polar surface area (TPSA) is 80.2 Å². The molecule has 6 heteroatoms. The van der Waals surface area contributed by atoms with Crippen LogP contribution in [0.25, 0.3) is 0 Å². The first-order chi connectivity index (χ1) is 10.2. The second-order valence-corrected chi connectivity index (χ2v) is 4.36. The van der Waals surface area contributed by atoms with Crippen LogP contribution in [0.5, 0.6) is 17.2 Å². The molecule has 0 aliphatic carbocycles. The highest BCUT2D eigenvalue weighted by Crippen LogP contribution is 2.32. The third-order valence-electron chi connectivity index (χ3n) is 2.88. The Morgan fingerprint density at radius 2 is 2.05 bits per heavy atom. The first-order valence-electron chi connectivity index (χ1n) is 6.24. The number of ether oxygens (including phenoxy) is 2. The Kier molecular flexibility index (Phi) is 3.42. The zero-order valence-corrected chi connectivity index (χ0v) is 10.9. The van der Waals surface area contributed by atoms with Crippen LogP contribution in [0.1, 0.15) is 15.9 Å². The molecule has 2 aromatic carbocycles. The molecule has 2 N–H and O–H groups in total. The summed E-state index contributed by atoms with van der Waals surface area (Å²) in [7, 11) is 0. The fourth-order valence-corrected chi connectivity index (χ4v) is 1.87. The third kappa shape index (κ3) is 2.94. The predicted octanol–water partition coefficient (Wildman–Crippen LogP) is 1.88. The van der Waals surface area contributed by atoms with E-state index in [0.29, 0.717) is 22.6 Å². The number of phenols is 1. The lowest BCUT2D eigenvalue weighted by atomic mass is 10.2. The number of hydrogen-bond acceptors (Lipinski definition) is 5. The number of phenolic OH excluding ortho intramolecular Hbond substituents is 1. The van der Waals surface area contributed by atoms with Crippen molar-refractivity contribution in [1.82, 2.24) is 5.43 Å². The Labute approximate surface area is 120 Å². The molecular weight excluding hydrogens is 272 g/mol. The molecule has 1 amide bonds. The quantitative estimate of drug-likeness (QED) is 0.666. The molecule has 1 aliphatic rings. The summed E-state index contributed by atoms with van der Waals surface area (Å²) in [5.74, 6) is 0.945. The maximum Gasteiger partial charge on any atom is 0.271 e. The van der Waals surface area contributed by atoms with Crippen molar-refractivity contribution in [3.63, 3.8) is 0 Å². The number of carbonyl (C=O) groups is 1. The van der Waals surface area contributed by atoms with Gasteiger partial charge in [-0.15, -0.1) is 0 Å². The van der Waals surface area contributed by atoms with Crippen LogP contribution >= 0.6 is 0 Å². The predicted molar refractivity (Wildman–Crippen MR) is 75.7 cm³/mol. The lowest BCUT2D eigenvalue weighted by Crippen LogP contribution is -2.17. The van der Waals surface area contributed by atoms with E-state index in [4.69, 9.17) is 9.47 Å². The molecule has 0 unspecified atom stereocenters. The third-order valence-corrected chi connectivity index (χ3v) is 2.88. The first-order valence-corrected chi connectivity index (χ1v) is 6.24. The number of fused-ring (bicyclic) bond motifs is 1. The van der Waals surface area contributed by atoms with Crippen molar-refractivity contribution in [3.8, 4) is 17.2 Å². The van der Waals surface area contributed by atoms with Gasteiger partial charge < -0.3 is 14.6 Å². The zero-order chi connectivity index (χ0) is 14.7. The van der Waals surface area contributed by atoms with Crippen LogP contribution in [0, 0.1) is 0 Å². The molecule has 0 radical (unpaired) electrons. The van der Waals surface area contributed by atoms with E-state index in [2.05, 4.69) is 10.5 Å². The Hall–Kier alpha value is -3.02. The van der Waals surface area contributed by atoms with Crippen LogP contribution in [0.3, 0.4) is 0 Å². The number of benzene rings is 2. The Morgan fingerprint density at radius 1 is 1.19 bits per heavy atom. The lowest BCUT2D eigenvalue weighted by molar-refractivity contribution is 0.0954. The fraction of sp³-hybridized carbons (Fsp3) is 0.0667. The Morgan fingerprint density at radius 3 is 2.90 bits per heavy atom. The summed E-state index contributed by atoms with van der Waals surface area (Å²) in [4.78, 5) is 11.9. The average molecular weight is 284 g/mol. The number of rotatable bonds is 3. The van der Waals surface area contributed by atoms with Gasteiger partial charge in [0.1, 0.15) is 5.75 Å².